The molecule has 2 aromatic carbocycles. The van der Waals surface area contributed by atoms with Crippen LogP contribution in [0.15, 0.2) is 47.0 Å². The van der Waals surface area contributed by atoms with E-state index in [1.54, 1.807) is 6.07 Å². The van der Waals surface area contributed by atoms with Crippen molar-refractivity contribution < 1.29 is 13.7 Å². The van der Waals surface area contributed by atoms with Gasteiger partial charge < -0.3 is 9.42 Å². The van der Waals surface area contributed by atoms with Gasteiger partial charge >= 0.3 is 0 Å². The highest BCUT2D eigenvalue weighted by molar-refractivity contribution is 6.31. The van der Waals surface area contributed by atoms with Gasteiger partial charge in [0.05, 0.1) is 10.7 Å². The smallest absolute Gasteiger partial charge is 0.257 e. The highest BCUT2D eigenvalue weighted by Crippen LogP contribution is 2.34. The van der Waals surface area contributed by atoms with Crippen LogP contribution in [0, 0.1) is 12.7 Å². The number of aromatic nitrogens is 2. The SMILES string of the molecule is Cc1cccc(-c2nc(C3CC(=O)N(c4cccc(Cl)c4F)C3)no2)c1. The zero-order valence-corrected chi connectivity index (χ0v) is 14.7. The van der Waals surface area contributed by atoms with Crippen molar-refractivity contribution in [3.05, 3.63) is 64.7 Å². The number of rotatable bonds is 3. The van der Waals surface area contributed by atoms with E-state index in [0.717, 1.165) is 11.1 Å². The van der Waals surface area contributed by atoms with Crippen LogP contribution in [0.3, 0.4) is 0 Å². The van der Waals surface area contributed by atoms with E-state index in [0.29, 0.717) is 11.7 Å². The second-order valence-electron chi connectivity index (χ2n) is 6.31. The lowest BCUT2D eigenvalue weighted by Gasteiger charge is -2.17. The van der Waals surface area contributed by atoms with Crippen LogP contribution in [0.5, 0.6) is 0 Å². The summed E-state index contributed by atoms with van der Waals surface area (Å²) in [5.74, 6) is -0.207. The number of amides is 1. The number of aryl methyl sites for hydroxylation is 1. The van der Waals surface area contributed by atoms with E-state index in [4.69, 9.17) is 16.1 Å². The minimum absolute atomic E-state index is 0.0138. The van der Waals surface area contributed by atoms with Crippen molar-refractivity contribution >= 4 is 23.2 Å². The molecular weight excluding hydrogens is 357 g/mol. The van der Waals surface area contributed by atoms with Crippen molar-refractivity contribution in [3.63, 3.8) is 0 Å². The summed E-state index contributed by atoms with van der Waals surface area (Å²) in [5.41, 5.74) is 2.08. The molecule has 1 aliphatic rings. The van der Waals surface area contributed by atoms with E-state index in [1.807, 2.05) is 31.2 Å². The van der Waals surface area contributed by atoms with Crippen molar-refractivity contribution in [2.45, 2.75) is 19.3 Å². The minimum Gasteiger partial charge on any atom is -0.334 e. The maximum atomic E-state index is 14.2. The Kier molecular flexibility index (Phi) is 4.20. The molecule has 3 aromatic rings. The molecule has 1 unspecified atom stereocenters. The molecule has 0 radical (unpaired) electrons. The Morgan fingerprint density at radius 3 is 2.88 bits per heavy atom. The Morgan fingerprint density at radius 2 is 2.08 bits per heavy atom. The molecule has 26 heavy (non-hydrogen) atoms. The van der Waals surface area contributed by atoms with Gasteiger partial charge in [0, 0.05) is 24.4 Å². The summed E-state index contributed by atoms with van der Waals surface area (Å²) in [5, 5.41) is 4.01. The molecule has 5 nitrogen and oxygen atoms in total. The van der Waals surface area contributed by atoms with Gasteiger partial charge in [0.15, 0.2) is 11.6 Å². The van der Waals surface area contributed by atoms with Crippen molar-refractivity contribution in [1.29, 1.82) is 0 Å². The zero-order valence-electron chi connectivity index (χ0n) is 13.9. The lowest BCUT2D eigenvalue weighted by atomic mass is 10.1. The topological polar surface area (TPSA) is 59.2 Å². The van der Waals surface area contributed by atoms with Crippen LogP contribution in [0.25, 0.3) is 11.5 Å². The Bertz CT molecular complexity index is 988. The molecule has 0 saturated carbocycles. The van der Waals surface area contributed by atoms with Crippen LogP contribution in [0.2, 0.25) is 5.02 Å². The van der Waals surface area contributed by atoms with Gasteiger partial charge in [-0.25, -0.2) is 4.39 Å². The quantitative estimate of drug-likeness (QED) is 0.686. The second kappa shape index (κ2) is 6.53. The zero-order chi connectivity index (χ0) is 18.3. The Hall–Kier alpha value is -2.73. The second-order valence-corrected chi connectivity index (χ2v) is 6.71. The molecule has 4 rings (SSSR count). The van der Waals surface area contributed by atoms with Gasteiger partial charge in [-0.15, -0.1) is 0 Å². The summed E-state index contributed by atoms with van der Waals surface area (Å²) >= 11 is 5.82. The third kappa shape index (κ3) is 2.97. The molecule has 1 fully saturated rings. The lowest BCUT2D eigenvalue weighted by Crippen LogP contribution is -2.25. The van der Waals surface area contributed by atoms with Gasteiger partial charge in [-0.2, -0.15) is 4.98 Å². The first-order valence-corrected chi connectivity index (χ1v) is 8.56. The molecule has 2 heterocycles. The summed E-state index contributed by atoms with van der Waals surface area (Å²) in [7, 11) is 0. The molecule has 1 atom stereocenters. The number of hydrogen-bond acceptors (Lipinski definition) is 4. The fraction of sp³-hybridized carbons (Fsp3) is 0.211. The predicted octanol–water partition coefficient (Wildman–Crippen LogP) is 4.36. The van der Waals surface area contributed by atoms with Crippen molar-refractivity contribution in [3.8, 4) is 11.5 Å². The van der Waals surface area contributed by atoms with Crippen molar-refractivity contribution in [2.75, 3.05) is 11.4 Å². The maximum absolute atomic E-state index is 14.2. The predicted molar refractivity (Wildman–Crippen MR) is 95.6 cm³/mol. The van der Waals surface area contributed by atoms with Crippen LogP contribution >= 0.6 is 11.6 Å². The average Bonchev–Trinajstić information content (AvgIpc) is 3.24. The number of hydrogen-bond donors (Lipinski definition) is 0. The normalized spacial score (nSPS) is 17.1. The van der Waals surface area contributed by atoms with Crippen LogP contribution < -0.4 is 4.90 Å². The summed E-state index contributed by atoms with van der Waals surface area (Å²) < 4.78 is 19.6. The van der Waals surface area contributed by atoms with Crippen molar-refractivity contribution in [1.82, 2.24) is 10.1 Å². The van der Waals surface area contributed by atoms with E-state index in [9.17, 15) is 9.18 Å². The largest absolute Gasteiger partial charge is 0.334 e. The van der Waals surface area contributed by atoms with Crippen LogP contribution in [0.1, 0.15) is 23.7 Å². The highest BCUT2D eigenvalue weighted by atomic mass is 35.5. The minimum atomic E-state index is -0.600. The molecule has 0 N–H and O–H groups in total. The average molecular weight is 372 g/mol. The molecule has 0 bridgehead atoms. The van der Waals surface area contributed by atoms with Gasteiger partial charge in [0.1, 0.15) is 0 Å². The van der Waals surface area contributed by atoms with E-state index in [1.165, 1.54) is 17.0 Å². The number of carbonyl (C=O) groups is 1. The van der Waals surface area contributed by atoms with Gasteiger partial charge in [-0.3, -0.25) is 4.79 Å². The van der Waals surface area contributed by atoms with Gasteiger partial charge in [0.25, 0.3) is 5.89 Å². The fourth-order valence-corrected chi connectivity index (χ4v) is 3.28. The molecule has 0 aliphatic carbocycles. The number of benzene rings is 2. The van der Waals surface area contributed by atoms with Gasteiger partial charge in [0.2, 0.25) is 5.91 Å². The molecule has 1 aromatic heterocycles. The van der Waals surface area contributed by atoms with Crippen LogP contribution in [-0.4, -0.2) is 22.6 Å². The van der Waals surface area contributed by atoms with Crippen molar-refractivity contribution in [2.24, 2.45) is 0 Å². The first kappa shape index (κ1) is 16.7. The molecule has 0 spiro atoms. The first-order chi connectivity index (χ1) is 12.5. The fourth-order valence-electron chi connectivity index (χ4n) is 3.11. The summed E-state index contributed by atoms with van der Waals surface area (Å²) in [6.45, 7) is 2.26. The maximum Gasteiger partial charge on any atom is 0.257 e. The van der Waals surface area contributed by atoms with E-state index >= 15 is 0 Å². The van der Waals surface area contributed by atoms with Crippen LogP contribution in [0.4, 0.5) is 10.1 Å². The Labute approximate surface area is 154 Å². The van der Waals surface area contributed by atoms with Gasteiger partial charge in [-0.1, -0.05) is 40.5 Å². The summed E-state index contributed by atoms with van der Waals surface area (Å²) in [6.07, 6.45) is 0.193. The van der Waals surface area contributed by atoms with Gasteiger partial charge in [-0.05, 0) is 31.2 Å². The molecule has 1 amide bonds. The standard InChI is InChI=1S/C19H15ClFN3O2/c1-11-4-2-5-12(8-11)19-22-18(23-26-19)13-9-16(25)24(10-13)15-7-3-6-14(20)17(15)21/h2-8,13H,9-10H2,1H3. The number of nitrogens with zero attached hydrogens (tertiary/aromatic N) is 3. The Balaban J connectivity index is 1.59. The van der Waals surface area contributed by atoms with E-state index in [-0.39, 0.29) is 35.5 Å². The van der Waals surface area contributed by atoms with E-state index < -0.39 is 5.82 Å². The third-order valence-electron chi connectivity index (χ3n) is 4.42. The highest BCUT2D eigenvalue weighted by Gasteiger charge is 2.36. The summed E-state index contributed by atoms with van der Waals surface area (Å²) in [4.78, 5) is 18.2. The number of anilines is 1. The van der Waals surface area contributed by atoms with Crippen LogP contribution in [-0.2, 0) is 4.79 Å². The summed E-state index contributed by atoms with van der Waals surface area (Å²) in [6, 6.07) is 12.3. The Morgan fingerprint density at radius 1 is 1.27 bits per heavy atom. The number of carbonyl (C=O) groups excluding carboxylic acids is 1. The van der Waals surface area contributed by atoms with E-state index in [2.05, 4.69) is 10.1 Å². The molecular formula is C19H15ClFN3O2. The molecule has 1 saturated heterocycles. The first-order valence-electron chi connectivity index (χ1n) is 8.18. The molecule has 7 heteroatoms. The molecule has 1 aliphatic heterocycles. The molecule has 132 valence electrons. The number of halogens is 2. The lowest BCUT2D eigenvalue weighted by molar-refractivity contribution is -0.117. The third-order valence-corrected chi connectivity index (χ3v) is 4.71. The monoisotopic (exact) mass is 371 g/mol.